The fourth-order valence-electron chi connectivity index (χ4n) is 1.78. The molecule has 0 saturated carbocycles. The largest absolute Gasteiger partial charge is 0.494 e. The monoisotopic (exact) mass is 293 g/mol. The van der Waals surface area contributed by atoms with Crippen molar-refractivity contribution in [3.05, 3.63) is 29.8 Å². The van der Waals surface area contributed by atoms with Crippen LogP contribution in [0.5, 0.6) is 5.75 Å². The van der Waals surface area contributed by atoms with Crippen molar-refractivity contribution >= 4 is 11.9 Å². The highest BCUT2D eigenvalue weighted by Crippen LogP contribution is 2.13. The molecular weight excluding hydrogens is 270 g/mol. The number of ether oxygens (including phenoxy) is 1. The predicted octanol–water partition coefficient (Wildman–Crippen LogP) is 2.70. The van der Waals surface area contributed by atoms with Crippen LogP contribution < -0.4 is 10.1 Å². The number of benzene rings is 1. The number of hydrogen-bond donors (Lipinski definition) is 2. The van der Waals surface area contributed by atoms with Crippen LogP contribution in [0.4, 0.5) is 0 Å². The number of amides is 1. The minimum atomic E-state index is -1.03. The van der Waals surface area contributed by atoms with Gasteiger partial charge in [0.05, 0.1) is 6.61 Å². The zero-order chi connectivity index (χ0) is 15.8. The third-order valence-corrected chi connectivity index (χ3v) is 3.10. The van der Waals surface area contributed by atoms with Gasteiger partial charge in [0, 0.05) is 5.56 Å². The second kappa shape index (κ2) is 8.29. The van der Waals surface area contributed by atoms with Gasteiger partial charge in [0.1, 0.15) is 11.8 Å². The molecule has 0 aliphatic rings. The Morgan fingerprint density at radius 3 is 2.33 bits per heavy atom. The van der Waals surface area contributed by atoms with Crippen molar-refractivity contribution in [2.24, 2.45) is 5.92 Å². The molecule has 0 saturated heterocycles. The van der Waals surface area contributed by atoms with Crippen LogP contribution >= 0.6 is 0 Å². The van der Waals surface area contributed by atoms with Gasteiger partial charge in [-0.15, -0.1) is 0 Å². The van der Waals surface area contributed by atoms with Gasteiger partial charge in [-0.1, -0.05) is 27.2 Å². The number of carboxylic acids is 1. The van der Waals surface area contributed by atoms with Gasteiger partial charge in [-0.2, -0.15) is 0 Å². The Kier molecular flexibility index (Phi) is 6.72. The topological polar surface area (TPSA) is 75.6 Å². The van der Waals surface area contributed by atoms with E-state index in [4.69, 9.17) is 9.84 Å². The molecule has 5 heteroatoms. The smallest absolute Gasteiger partial charge is 0.326 e. The number of aliphatic carboxylic acids is 1. The third kappa shape index (κ3) is 5.45. The number of hydrogen-bond acceptors (Lipinski definition) is 3. The third-order valence-electron chi connectivity index (χ3n) is 3.10. The Labute approximate surface area is 125 Å². The molecule has 1 aromatic rings. The Morgan fingerprint density at radius 2 is 1.86 bits per heavy atom. The molecule has 0 aromatic heterocycles. The molecule has 2 N–H and O–H groups in total. The van der Waals surface area contributed by atoms with Crippen LogP contribution in [-0.2, 0) is 4.79 Å². The normalized spacial score (nSPS) is 12.0. The van der Waals surface area contributed by atoms with E-state index >= 15 is 0 Å². The van der Waals surface area contributed by atoms with Crippen molar-refractivity contribution in [2.75, 3.05) is 6.61 Å². The van der Waals surface area contributed by atoms with Gasteiger partial charge >= 0.3 is 5.97 Å². The second-order valence-corrected chi connectivity index (χ2v) is 5.26. The lowest BCUT2D eigenvalue weighted by atomic mass is 10.0. The van der Waals surface area contributed by atoms with E-state index in [0.29, 0.717) is 17.9 Å². The first-order chi connectivity index (χ1) is 9.95. The molecule has 0 spiro atoms. The van der Waals surface area contributed by atoms with Gasteiger partial charge in [0.2, 0.25) is 0 Å². The van der Waals surface area contributed by atoms with E-state index in [2.05, 4.69) is 12.2 Å². The van der Waals surface area contributed by atoms with Crippen LogP contribution in [0.25, 0.3) is 0 Å². The van der Waals surface area contributed by atoms with Crippen LogP contribution in [-0.4, -0.2) is 29.6 Å². The average molecular weight is 293 g/mol. The molecule has 0 fully saturated rings. The van der Waals surface area contributed by atoms with Gasteiger partial charge in [-0.25, -0.2) is 4.79 Å². The lowest BCUT2D eigenvalue weighted by Crippen LogP contribution is -2.44. The summed E-state index contributed by atoms with van der Waals surface area (Å²) in [5.74, 6) is -0.893. The molecule has 116 valence electrons. The molecule has 5 nitrogen and oxygen atoms in total. The SMILES string of the molecule is CCCCOc1ccc(C(=O)N[C@H](C(=O)O)C(C)C)cc1. The first-order valence-electron chi connectivity index (χ1n) is 7.22. The Hall–Kier alpha value is -2.04. The summed E-state index contributed by atoms with van der Waals surface area (Å²) in [6.07, 6.45) is 2.04. The molecule has 0 aliphatic carbocycles. The summed E-state index contributed by atoms with van der Waals surface area (Å²) in [7, 11) is 0. The molecule has 1 amide bonds. The molecular formula is C16H23NO4. The minimum Gasteiger partial charge on any atom is -0.494 e. The maximum Gasteiger partial charge on any atom is 0.326 e. The van der Waals surface area contributed by atoms with E-state index < -0.39 is 17.9 Å². The van der Waals surface area contributed by atoms with Crippen molar-refractivity contribution < 1.29 is 19.4 Å². The second-order valence-electron chi connectivity index (χ2n) is 5.26. The number of carbonyl (C=O) groups excluding carboxylic acids is 1. The maximum atomic E-state index is 12.0. The van der Waals surface area contributed by atoms with Crippen molar-refractivity contribution in [1.82, 2.24) is 5.32 Å². The highest BCUT2D eigenvalue weighted by atomic mass is 16.5. The minimum absolute atomic E-state index is 0.178. The summed E-state index contributed by atoms with van der Waals surface area (Å²) >= 11 is 0. The highest BCUT2D eigenvalue weighted by Gasteiger charge is 2.23. The number of nitrogens with one attached hydrogen (secondary N) is 1. The number of carboxylic acid groups (broad SMARTS) is 1. The van der Waals surface area contributed by atoms with Crippen LogP contribution in [0.1, 0.15) is 44.0 Å². The molecule has 0 heterocycles. The molecule has 1 rings (SSSR count). The quantitative estimate of drug-likeness (QED) is 0.723. The van der Waals surface area contributed by atoms with Crippen molar-refractivity contribution in [3.8, 4) is 5.75 Å². The summed E-state index contributed by atoms with van der Waals surface area (Å²) in [5, 5.41) is 11.6. The lowest BCUT2D eigenvalue weighted by Gasteiger charge is -2.18. The predicted molar refractivity (Wildman–Crippen MR) is 80.6 cm³/mol. The Morgan fingerprint density at radius 1 is 1.24 bits per heavy atom. The van der Waals surface area contributed by atoms with E-state index in [1.165, 1.54) is 0 Å². The fourth-order valence-corrected chi connectivity index (χ4v) is 1.78. The van der Waals surface area contributed by atoms with E-state index in [-0.39, 0.29) is 5.92 Å². The van der Waals surface area contributed by atoms with Crippen molar-refractivity contribution in [2.45, 2.75) is 39.7 Å². The van der Waals surface area contributed by atoms with Crippen LogP contribution in [0, 0.1) is 5.92 Å². The molecule has 1 atom stereocenters. The fraction of sp³-hybridized carbons (Fsp3) is 0.500. The van der Waals surface area contributed by atoms with Gasteiger partial charge in [-0.3, -0.25) is 4.79 Å². The van der Waals surface area contributed by atoms with Crippen LogP contribution in [0.3, 0.4) is 0 Å². The molecule has 1 aromatic carbocycles. The van der Waals surface area contributed by atoms with Gasteiger partial charge in [0.15, 0.2) is 0 Å². The average Bonchev–Trinajstić information content (AvgIpc) is 2.44. The zero-order valence-electron chi connectivity index (χ0n) is 12.8. The first-order valence-corrected chi connectivity index (χ1v) is 7.22. The molecule has 0 bridgehead atoms. The maximum absolute atomic E-state index is 12.0. The number of carbonyl (C=O) groups is 2. The zero-order valence-corrected chi connectivity index (χ0v) is 12.8. The molecule has 0 radical (unpaired) electrons. The number of rotatable bonds is 8. The van der Waals surface area contributed by atoms with E-state index in [9.17, 15) is 9.59 Å². The van der Waals surface area contributed by atoms with Gasteiger partial charge in [-0.05, 0) is 36.6 Å². The molecule has 21 heavy (non-hydrogen) atoms. The Bertz CT molecular complexity index is 468. The molecule has 0 aliphatic heterocycles. The van der Waals surface area contributed by atoms with E-state index in [1.54, 1.807) is 38.1 Å². The summed E-state index contributed by atoms with van der Waals surface area (Å²) < 4.78 is 5.51. The summed E-state index contributed by atoms with van der Waals surface area (Å²) in [6.45, 7) is 6.24. The lowest BCUT2D eigenvalue weighted by molar-refractivity contribution is -0.140. The summed E-state index contributed by atoms with van der Waals surface area (Å²) in [6, 6.07) is 5.81. The molecule has 0 unspecified atom stereocenters. The van der Waals surface area contributed by atoms with Crippen LogP contribution in [0.15, 0.2) is 24.3 Å². The van der Waals surface area contributed by atoms with Crippen molar-refractivity contribution in [1.29, 1.82) is 0 Å². The van der Waals surface area contributed by atoms with Gasteiger partial charge < -0.3 is 15.2 Å². The van der Waals surface area contributed by atoms with E-state index in [0.717, 1.165) is 12.8 Å². The van der Waals surface area contributed by atoms with Gasteiger partial charge in [0.25, 0.3) is 5.91 Å². The number of unbranched alkanes of at least 4 members (excludes halogenated alkanes) is 1. The Balaban J connectivity index is 2.64. The standard InChI is InChI=1S/C16H23NO4/c1-4-5-10-21-13-8-6-12(7-9-13)15(18)17-14(11(2)3)16(19)20/h6-9,11,14H,4-5,10H2,1-3H3,(H,17,18)(H,19,20)/t14-/m0/s1. The summed E-state index contributed by atoms with van der Waals surface area (Å²) in [5.41, 5.74) is 0.421. The van der Waals surface area contributed by atoms with E-state index in [1.807, 2.05) is 0 Å². The summed E-state index contributed by atoms with van der Waals surface area (Å²) in [4.78, 5) is 23.1. The van der Waals surface area contributed by atoms with Crippen molar-refractivity contribution in [3.63, 3.8) is 0 Å². The highest BCUT2D eigenvalue weighted by molar-refractivity contribution is 5.96. The first kappa shape index (κ1) is 17.0. The van der Waals surface area contributed by atoms with Crippen LogP contribution in [0.2, 0.25) is 0 Å².